The quantitative estimate of drug-likeness (QED) is 0.641. The number of aryl methyl sites for hydroxylation is 1. The minimum Gasteiger partial charge on any atom is -0.492 e. The second-order valence-electron chi connectivity index (χ2n) is 5.07. The molecule has 0 atom stereocenters. The molecule has 0 N–H and O–H groups in total. The van der Waals surface area contributed by atoms with Crippen LogP contribution in [0.15, 0.2) is 44.7 Å². The number of hydrogen-bond acceptors (Lipinski definition) is 4. The summed E-state index contributed by atoms with van der Waals surface area (Å²) in [4.78, 5) is 28.5. The third-order valence-electron chi connectivity index (χ3n) is 3.62. The standard InChI is InChI=1S/C15H15BrN4O3/c1-18-12-11(13(21)19(2)15(18)22)17-14(16)20(12)8-9-23-10-6-4-3-5-7-10/h3-7H,8-9H2,1-2H3. The average molecular weight is 379 g/mol. The van der Waals surface area contributed by atoms with Crippen LogP contribution in [0, 0.1) is 0 Å². The first kappa shape index (κ1) is 15.5. The van der Waals surface area contributed by atoms with Gasteiger partial charge in [-0.2, -0.15) is 0 Å². The maximum atomic E-state index is 12.2. The van der Waals surface area contributed by atoms with Crippen LogP contribution in [-0.2, 0) is 20.6 Å². The molecule has 0 spiro atoms. The summed E-state index contributed by atoms with van der Waals surface area (Å²) in [6.07, 6.45) is 0. The molecule has 0 saturated carbocycles. The molecule has 3 rings (SSSR count). The normalized spacial score (nSPS) is 11.1. The highest BCUT2D eigenvalue weighted by molar-refractivity contribution is 9.10. The van der Waals surface area contributed by atoms with E-state index < -0.39 is 5.56 Å². The summed E-state index contributed by atoms with van der Waals surface area (Å²) in [7, 11) is 3.06. The van der Waals surface area contributed by atoms with Gasteiger partial charge in [-0.15, -0.1) is 0 Å². The van der Waals surface area contributed by atoms with Gasteiger partial charge in [-0.1, -0.05) is 18.2 Å². The number of fused-ring (bicyclic) bond motifs is 1. The fourth-order valence-corrected chi connectivity index (χ4v) is 2.95. The molecule has 2 heterocycles. The zero-order chi connectivity index (χ0) is 16.6. The number of hydrogen-bond donors (Lipinski definition) is 0. The second kappa shape index (κ2) is 6.04. The Morgan fingerprint density at radius 1 is 1.13 bits per heavy atom. The summed E-state index contributed by atoms with van der Waals surface area (Å²) in [5.74, 6) is 0.762. The van der Waals surface area contributed by atoms with Crippen LogP contribution in [-0.4, -0.2) is 25.3 Å². The van der Waals surface area contributed by atoms with Crippen LogP contribution < -0.4 is 16.0 Å². The first-order valence-corrected chi connectivity index (χ1v) is 7.79. The van der Waals surface area contributed by atoms with Crippen molar-refractivity contribution in [2.45, 2.75) is 6.54 Å². The number of para-hydroxylation sites is 1. The van der Waals surface area contributed by atoms with Gasteiger partial charge in [-0.05, 0) is 28.1 Å². The van der Waals surface area contributed by atoms with Crippen molar-refractivity contribution in [3.63, 3.8) is 0 Å². The van der Waals surface area contributed by atoms with Crippen molar-refractivity contribution in [2.75, 3.05) is 6.61 Å². The molecular formula is C15H15BrN4O3. The van der Waals surface area contributed by atoms with E-state index in [1.54, 1.807) is 11.6 Å². The SMILES string of the molecule is Cn1c(=O)c2nc(Br)n(CCOc3ccccc3)c2n(C)c1=O. The summed E-state index contributed by atoms with van der Waals surface area (Å²) in [6.45, 7) is 0.837. The minimum atomic E-state index is -0.411. The predicted molar refractivity (Wildman–Crippen MR) is 89.9 cm³/mol. The smallest absolute Gasteiger partial charge is 0.332 e. The van der Waals surface area contributed by atoms with Gasteiger partial charge in [0.25, 0.3) is 5.56 Å². The monoisotopic (exact) mass is 378 g/mol. The number of rotatable bonds is 4. The number of nitrogens with zero attached hydrogens (tertiary/aromatic N) is 4. The fourth-order valence-electron chi connectivity index (χ4n) is 2.43. The molecule has 0 aliphatic heterocycles. The van der Waals surface area contributed by atoms with Gasteiger partial charge >= 0.3 is 5.69 Å². The molecule has 0 aliphatic carbocycles. The molecule has 2 aromatic heterocycles. The van der Waals surface area contributed by atoms with E-state index in [0.29, 0.717) is 23.5 Å². The van der Waals surface area contributed by atoms with Crippen molar-refractivity contribution in [3.8, 4) is 5.75 Å². The van der Waals surface area contributed by atoms with E-state index >= 15 is 0 Å². The van der Waals surface area contributed by atoms with Crippen LogP contribution in [0.5, 0.6) is 5.75 Å². The lowest BCUT2D eigenvalue weighted by Crippen LogP contribution is -2.37. The number of aromatic nitrogens is 4. The minimum absolute atomic E-state index is 0.251. The van der Waals surface area contributed by atoms with Crippen LogP contribution in [0.4, 0.5) is 0 Å². The Bertz CT molecular complexity index is 972. The molecule has 120 valence electrons. The Balaban J connectivity index is 1.97. The molecule has 0 unspecified atom stereocenters. The summed E-state index contributed by atoms with van der Waals surface area (Å²) < 4.78 is 10.4. The van der Waals surface area contributed by atoms with Crippen LogP contribution in [0.1, 0.15) is 0 Å². The summed E-state index contributed by atoms with van der Waals surface area (Å²) >= 11 is 3.35. The van der Waals surface area contributed by atoms with Crippen LogP contribution in [0.3, 0.4) is 0 Å². The molecule has 7 nitrogen and oxygen atoms in total. The van der Waals surface area contributed by atoms with E-state index in [0.717, 1.165) is 10.3 Å². The first-order valence-electron chi connectivity index (χ1n) is 7.00. The number of halogens is 1. The van der Waals surface area contributed by atoms with Crippen molar-refractivity contribution < 1.29 is 4.74 Å². The molecular weight excluding hydrogens is 364 g/mol. The summed E-state index contributed by atoms with van der Waals surface area (Å²) in [5, 5.41) is 0. The molecule has 0 bridgehead atoms. The topological polar surface area (TPSA) is 71.0 Å². The van der Waals surface area contributed by atoms with Crippen LogP contribution in [0.25, 0.3) is 11.2 Å². The Kier molecular flexibility index (Phi) is 4.08. The van der Waals surface area contributed by atoms with Crippen molar-refractivity contribution >= 4 is 27.1 Å². The molecule has 1 aromatic carbocycles. The maximum Gasteiger partial charge on any atom is 0.332 e. The van der Waals surface area contributed by atoms with Gasteiger partial charge < -0.3 is 9.30 Å². The van der Waals surface area contributed by atoms with Gasteiger partial charge in [0.2, 0.25) is 0 Å². The zero-order valence-corrected chi connectivity index (χ0v) is 14.3. The van der Waals surface area contributed by atoms with Crippen LogP contribution in [0.2, 0.25) is 0 Å². The molecule has 0 amide bonds. The van der Waals surface area contributed by atoms with E-state index in [4.69, 9.17) is 4.74 Å². The molecule has 23 heavy (non-hydrogen) atoms. The van der Waals surface area contributed by atoms with E-state index in [2.05, 4.69) is 20.9 Å². The van der Waals surface area contributed by atoms with Crippen molar-refractivity contribution in [1.82, 2.24) is 18.7 Å². The van der Waals surface area contributed by atoms with Crippen LogP contribution >= 0.6 is 15.9 Å². The third-order valence-corrected chi connectivity index (χ3v) is 4.23. The van der Waals surface area contributed by atoms with Crippen molar-refractivity contribution in [1.29, 1.82) is 0 Å². The van der Waals surface area contributed by atoms with Gasteiger partial charge in [0, 0.05) is 14.1 Å². The van der Waals surface area contributed by atoms with Crippen molar-refractivity contribution in [3.05, 3.63) is 55.9 Å². The molecule has 0 radical (unpaired) electrons. The Morgan fingerprint density at radius 2 is 1.83 bits per heavy atom. The predicted octanol–water partition coefficient (Wildman–Crippen LogP) is 1.28. The highest BCUT2D eigenvalue weighted by Crippen LogP contribution is 2.16. The molecule has 0 fully saturated rings. The van der Waals surface area contributed by atoms with Gasteiger partial charge in [0.1, 0.15) is 12.4 Å². The van der Waals surface area contributed by atoms with E-state index in [-0.39, 0.29) is 11.2 Å². The van der Waals surface area contributed by atoms with Gasteiger partial charge in [-0.25, -0.2) is 9.78 Å². The Hall–Kier alpha value is -2.35. The molecule has 3 aromatic rings. The zero-order valence-electron chi connectivity index (χ0n) is 12.7. The molecule has 0 aliphatic rings. The van der Waals surface area contributed by atoms with E-state index in [1.807, 2.05) is 30.3 Å². The average Bonchev–Trinajstić information content (AvgIpc) is 2.89. The Labute approximate surface area is 139 Å². The largest absolute Gasteiger partial charge is 0.492 e. The lowest BCUT2D eigenvalue weighted by molar-refractivity contribution is 0.298. The summed E-state index contributed by atoms with van der Waals surface area (Å²) in [5.41, 5.74) is -0.0746. The first-order chi connectivity index (χ1) is 11.0. The van der Waals surface area contributed by atoms with Gasteiger partial charge in [0.15, 0.2) is 15.9 Å². The van der Waals surface area contributed by atoms with E-state index in [1.165, 1.54) is 11.6 Å². The number of ether oxygens (including phenoxy) is 1. The van der Waals surface area contributed by atoms with Gasteiger partial charge in [-0.3, -0.25) is 13.9 Å². The lowest BCUT2D eigenvalue weighted by atomic mass is 10.3. The van der Waals surface area contributed by atoms with E-state index in [9.17, 15) is 9.59 Å². The second-order valence-corrected chi connectivity index (χ2v) is 5.78. The molecule has 0 saturated heterocycles. The lowest BCUT2D eigenvalue weighted by Gasteiger charge is -2.10. The van der Waals surface area contributed by atoms with Crippen molar-refractivity contribution in [2.24, 2.45) is 14.1 Å². The maximum absolute atomic E-state index is 12.2. The highest BCUT2D eigenvalue weighted by atomic mass is 79.9. The number of benzene rings is 1. The fraction of sp³-hybridized carbons (Fsp3) is 0.267. The Morgan fingerprint density at radius 3 is 2.52 bits per heavy atom. The highest BCUT2D eigenvalue weighted by Gasteiger charge is 2.17. The summed E-state index contributed by atoms with van der Waals surface area (Å²) in [6, 6.07) is 9.44. The van der Waals surface area contributed by atoms with Gasteiger partial charge in [0.05, 0.1) is 6.54 Å². The third kappa shape index (κ3) is 2.70. The number of imidazole rings is 1. The molecule has 8 heteroatoms.